The zero-order chi connectivity index (χ0) is 8.55. The molecule has 1 amide bonds. The second-order valence-electron chi connectivity index (χ2n) is 2.67. The summed E-state index contributed by atoms with van der Waals surface area (Å²) in [6.45, 7) is 0.466. The van der Waals surface area contributed by atoms with E-state index in [0.29, 0.717) is 4.88 Å². The Bertz CT molecular complexity index is 282. The van der Waals surface area contributed by atoms with E-state index < -0.39 is 6.17 Å². The number of likely N-dealkylation sites (tertiary alicyclic amines) is 1. The first kappa shape index (κ1) is 7.67. The Morgan fingerprint density at radius 3 is 3.00 bits per heavy atom. The van der Waals surface area contributed by atoms with Gasteiger partial charge in [-0.05, 0) is 0 Å². The number of halogens is 1. The smallest absolute Gasteiger partial charge is 0.265 e. The number of alkyl halides is 1. The predicted octanol–water partition coefficient (Wildman–Crippen LogP) is 0.937. The monoisotopic (exact) mass is 186 g/mol. The molecule has 1 aliphatic rings. The first-order valence-electron chi connectivity index (χ1n) is 3.59. The molecule has 1 aromatic heterocycles. The quantitative estimate of drug-likeness (QED) is 0.654. The van der Waals surface area contributed by atoms with Crippen molar-refractivity contribution in [2.45, 2.75) is 6.17 Å². The summed E-state index contributed by atoms with van der Waals surface area (Å²) in [4.78, 5) is 17.2. The second kappa shape index (κ2) is 2.82. The number of hydrogen-bond acceptors (Lipinski definition) is 3. The van der Waals surface area contributed by atoms with Gasteiger partial charge in [0.05, 0.1) is 24.8 Å². The molecule has 64 valence electrons. The van der Waals surface area contributed by atoms with Gasteiger partial charge >= 0.3 is 0 Å². The molecule has 0 N–H and O–H groups in total. The van der Waals surface area contributed by atoms with Crippen LogP contribution >= 0.6 is 11.3 Å². The molecule has 2 heterocycles. The highest BCUT2D eigenvalue weighted by Gasteiger charge is 2.31. The van der Waals surface area contributed by atoms with E-state index in [4.69, 9.17) is 0 Å². The van der Waals surface area contributed by atoms with Crippen LogP contribution in [0.25, 0.3) is 0 Å². The average Bonchev–Trinajstić information content (AvgIpc) is 2.49. The van der Waals surface area contributed by atoms with Gasteiger partial charge in [-0.2, -0.15) is 0 Å². The number of hydrogen-bond donors (Lipinski definition) is 0. The van der Waals surface area contributed by atoms with Gasteiger partial charge in [-0.1, -0.05) is 0 Å². The first-order chi connectivity index (χ1) is 5.77. The molecule has 1 fully saturated rings. The van der Waals surface area contributed by atoms with E-state index in [9.17, 15) is 9.18 Å². The minimum absolute atomic E-state index is 0.105. The Hall–Kier alpha value is -0.970. The molecular formula is C7H7FN2OS. The van der Waals surface area contributed by atoms with Crippen LogP contribution in [0.1, 0.15) is 9.67 Å². The van der Waals surface area contributed by atoms with Gasteiger partial charge in [-0.3, -0.25) is 9.78 Å². The number of amides is 1. The summed E-state index contributed by atoms with van der Waals surface area (Å²) in [6, 6.07) is 0. The summed E-state index contributed by atoms with van der Waals surface area (Å²) in [5.74, 6) is -0.105. The molecule has 0 aliphatic carbocycles. The minimum atomic E-state index is -0.832. The highest BCUT2D eigenvalue weighted by molar-refractivity contribution is 7.11. The van der Waals surface area contributed by atoms with Crippen molar-refractivity contribution in [3.63, 3.8) is 0 Å². The van der Waals surface area contributed by atoms with Crippen LogP contribution in [0.15, 0.2) is 11.7 Å². The lowest BCUT2D eigenvalue weighted by atomic mass is 10.2. The molecule has 0 saturated carbocycles. The van der Waals surface area contributed by atoms with Gasteiger partial charge in [0.1, 0.15) is 11.0 Å². The van der Waals surface area contributed by atoms with Crippen molar-refractivity contribution < 1.29 is 9.18 Å². The van der Waals surface area contributed by atoms with Crippen molar-refractivity contribution in [2.75, 3.05) is 13.1 Å². The molecule has 0 aromatic carbocycles. The van der Waals surface area contributed by atoms with E-state index in [1.54, 1.807) is 5.51 Å². The van der Waals surface area contributed by atoms with Crippen LogP contribution in [0.2, 0.25) is 0 Å². The summed E-state index contributed by atoms with van der Waals surface area (Å²) in [5, 5.41) is 0. The zero-order valence-corrected chi connectivity index (χ0v) is 7.05. The molecule has 0 spiro atoms. The Morgan fingerprint density at radius 2 is 2.50 bits per heavy atom. The summed E-state index contributed by atoms with van der Waals surface area (Å²) in [7, 11) is 0. The van der Waals surface area contributed by atoms with Crippen LogP contribution < -0.4 is 0 Å². The summed E-state index contributed by atoms with van der Waals surface area (Å²) in [6.07, 6.45) is 0.681. The number of aromatic nitrogens is 1. The van der Waals surface area contributed by atoms with Crippen molar-refractivity contribution in [3.05, 3.63) is 16.6 Å². The van der Waals surface area contributed by atoms with Crippen molar-refractivity contribution >= 4 is 17.2 Å². The third-order valence-corrected chi connectivity index (χ3v) is 2.53. The van der Waals surface area contributed by atoms with Gasteiger partial charge in [0.2, 0.25) is 0 Å². The second-order valence-corrected chi connectivity index (χ2v) is 3.56. The number of nitrogens with zero attached hydrogens (tertiary/aromatic N) is 2. The Labute approximate surface area is 72.8 Å². The van der Waals surface area contributed by atoms with Crippen LogP contribution in [0, 0.1) is 0 Å². The maximum Gasteiger partial charge on any atom is 0.265 e. The average molecular weight is 186 g/mol. The molecule has 0 bridgehead atoms. The van der Waals surface area contributed by atoms with E-state index >= 15 is 0 Å². The fraction of sp³-hybridized carbons (Fsp3) is 0.429. The maximum atomic E-state index is 12.4. The molecule has 0 unspecified atom stereocenters. The van der Waals surface area contributed by atoms with Gasteiger partial charge < -0.3 is 4.90 Å². The van der Waals surface area contributed by atoms with Crippen LogP contribution in [0.4, 0.5) is 4.39 Å². The number of thiazole rings is 1. The Balaban J connectivity index is 2.03. The summed E-state index contributed by atoms with van der Waals surface area (Å²) in [5.41, 5.74) is 1.60. The number of carbonyl (C=O) groups is 1. The molecule has 12 heavy (non-hydrogen) atoms. The van der Waals surface area contributed by atoms with Gasteiger partial charge in [0.25, 0.3) is 5.91 Å². The molecule has 1 saturated heterocycles. The van der Waals surface area contributed by atoms with E-state index in [1.807, 2.05) is 0 Å². The minimum Gasteiger partial charge on any atom is -0.332 e. The standard InChI is InChI=1S/C7H7FN2OS/c8-5-2-10(3-5)7(11)6-1-9-4-12-6/h1,4-5H,2-3H2. The summed E-state index contributed by atoms with van der Waals surface area (Å²) >= 11 is 1.29. The lowest BCUT2D eigenvalue weighted by Crippen LogP contribution is -2.51. The molecule has 1 aliphatic heterocycles. The van der Waals surface area contributed by atoms with Crippen molar-refractivity contribution in [1.29, 1.82) is 0 Å². The van der Waals surface area contributed by atoms with Crippen LogP contribution in [-0.4, -0.2) is 35.1 Å². The van der Waals surface area contributed by atoms with E-state index in [1.165, 1.54) is 22.4 Å². The van der Waals surface area contributed by atoms with E-state index in [-0.39, 0.29) is 19.0 Å². The molecule has 5 heteroatoms. The molecule has 2 rings (SSSR count). The Morgan fingerprint density at radius 1 is 1.75 bits per heavy atom. The Kier molecular flexibility index (Phi) is 1.80. The van der Waals surface area contributed by atoms with Crippen LogP contribution in [0.3, 0.4) is 0 Å². The first-order valence-corrected chi connectivity index (χ1v) is 4.47. The predicted molar refractivity (Wildman–Crippen MR) is 42.9 cm³/mol. The number of rotatable bonds is 1. The molecule has 1 aromatic rings. The van der Waals surface area contributed by atoms with Crippen molar-refractivity contribution in [2.24, 2.45) is 0 Å². The maximum absolute atomic E-state index is 12.4. The van der Waals surface area contributed by atoms with Crippen LogP contribution in [0.5, 0.6) is 0 Å². The largest absolute Gasteiger partial charge is 0.332 e. The highest BCUT2D eigenvalue weighted by atomic mass is 32.1. The lowest BCUT2D eigenvalue weighted by Gasteiger charge is -2.33. The summed E-state index contributed by atoms with van der Waals surface area (Å²) < 4.78 is 12.4. The highest BCUT2D eigenvalue weighted by Crippen LogP contribution is 2.17. The number of carbonyl (C=O) groups excluding carboxylic acids is 1. The van der Waals surface area contributed by atoms with Gasteiger partial charge in [0.15, 0.2) is 0 Å². The zero-order valence-electron chi connectivity index (χ0n) is 6.24. The fourth-order valence-electron chi connectivity index (χ4n) is 1.07. The van der Waals surface area contributed by atoms with E-state index in [2.05, 4.69) is 4.98 Å². The fourth-order valence-corrected chi connectivity index (χ4v) is 1.65. The normalized spacial score (nSPS) is 17.6. The lowest BCUT2D eigenvalue weighted by molar-refractivity contribution is 0.0404. The molecule has 0 radical (unpaired) electrons. The molecule has 3 nitrogen and oxygen atoms in total. The van der Waals surface area contributed by atoms with Gasteiger partial charge in [0, 0.05) is 0 Å². The van der Waals surface area contributed by atoms with Crippen molar-refractivity contribution in [1.82, 2.24) is 9.88 Å². The van der Waals surface area contributed by atoms with Gasteiger partial charge in [-0.15, -0.1) is 11.3 Å². The molecule has 0 atom stereocenters. The SMILES string of the molecule is O=C(c1cncs1)N1CC(F)C1. The van der Waals surface area contributed by atoms with Crippen LogP contribution in [-0.2, 0) is 0 Å². The van der Waals surface area contributed by atoms with Gasteiger partial charge in [-0.25, -0.2) is 4.39 Å². The van der Waals surface area contributed by atoms with E-state index in [0.717, 1.165) is 0 Å². The topological polar surface area (TPSA) is 33.2 Å². The third kappa shape index (κ3) is 1.20. The third-order valence-electron chi connectivity index (χ3n) is 1.77. The molecular weight excluding hydrogens is 179 g/mol. The van der Waals surface area contributed by atoms with Crippen molar-refractivity contribution in [3.8, 4) is 0 Å².